The van der Waals surface area contributed by atoms with Gasteiger partial charge in [-0.05, 0) is 155 Å². The van der Waals surface area contributed by atoms with Crippen molar-refractivity contribution in [2.45, 2.75) is 52.4 Å². The minimum Gasteiger partial charge on any atom is -0.0616 e. The predicted octanol–water partition coefficient (Wildman–Crippen LogP) is 17.9. The van der Waals surface area contributed by atoms with Gasteiger partial charge in [0.2, 0.25) is 0 Å². The van der Waals surface area contributed by atoms with E-state index >= 15 is 0 Å². The first-order chi connectivity index (χ1) is 30.0. The molecule has 0 bridgehead atoms. The molecule has 0 saturated heterocycles. The number of hydrogen-bond acceptors (Lipinski definition) is 0. The molecule has 0 amide bonds. The minimum atomic E-state index is 0.0795. The summed E-state index contributed by atoms with van der Waals surface area (Å²) in [4.78, 5) is 0. The molecular formula is C62H50. The van der Waals surface area contributed by atoms with Crippen molar-refractivity contribution in [2.75, 3.05) is 0 Å². The molecule has 0 aromatic heterocycles. The van der Waals surface area contributed by atoms with Gasteiger partial charge in [0.25, 0.3) is 0 Å². The van der Waals surface area contributed by atoms with Gasteiger partial charge in [0, 0.05) is 0 Å². The Morgan fingerprint density at radius 1 is 0.242 bits per heavy atom. The molecule has 0 aliphatic rings. The Kier molecular flexibility index (Phi) is 8.74. The summed E-state index contributed by atoms with van der Waals surface area (Å²) in [5, 5.41) is 15.1. The Balaban J connectivity index is 1.31. The van der Waals surface area contributed by atoms with E-state index in [0.29, 0.717) is 0 Å². The predicted molar refractivity (Wildman–Crippen MR) is 271 cm³/mol. The lowest BCUT2D eigenvalue weighted by atomic mass is 9.80. The maximum absolute atomic E-state index is 2.48. The third kappa shape index (κ3) is 6.28. The molecule has 11 aromatic carbocycles. The number of fused-ring (bicyclic) bond motifs is 8. The van der Waals surface area contributed by atoms with Gasteiger partial charge >= 0.3 is 0 Å². The van der Waals surface area contributed by atoms with Crippen LogP contribution in [0.25, 0.3) is 109 Å². The first-order valence-corrected chi connectivity index (χ1v) is 22.1. The molecule has 298 valence electrons. The third-order valence-corrected chi connectivity index (χ3v) is 13.4. The first kappa shape index (κ1) is 37.9. The molecule has 0 heterocycles. The Morgan fingerprint density at radius 3 is 0.935 bits per heavy atom. The molecule has 11 aromatic rings. The highest BCUT2D eigenvalue weighted by molar-refractivity contribution is 6.29. The van der Waals surface area contributed by atoms with Crippen molar-refractivity contribution < 1.29 is 0 Å². The summed E-state index contributed by atoms with van der Waals surface area (Å²) in [5.41, 5.74) is 12.8. The highest BCUT2D eigenvalue weighted by Gasteiger charge is 2.23. The van der Waals surface area contributed by atoms with E-state index < -0.39 is 0 Å². The molecule has 0 saturated carbocycles. The molecule has 0 heteroatoms. The van der Waals surface area contributed by atoms with Crippen LogP contribution < -0.4 is 0 Å². The highest BCUT2D eigenvalue weighted by atomic mass is 14.3. The van der Waals surface area contributed by atoms with Crippen LogP contribution in [0.1, 0.15) is 52.7 Å². The SMILES string of the molecule is CC(C)(C)c1ccc(-c2ccc3c(-c4cc5ccccc5c5ccccc45)c4cc(-c5ccc(C(C)(C)C)cc5)ccc4c(-c4cc5ccccc5c5ccccc45)c3c2)cc1. The number of rotatable bonds is 4. The summed E-state index contributed by atoms with van der Waals surface area (Å²) in [6.45, 7) is 13.7. The normalized spacial score (nSPS) is 12.4. The van der Waals surface area contributed by atoms with Gasteiger partial charge in [-0.15, -0.1) is 0 Å². The van der Waals surface area contributed by atoms with E-state index in [9.17, 15) is 0 Å². The lowest BCUT2D eigenvalue weighted by Gasteiger charge is -2.23. The van der Waals surface area contributed by atoms with Crippen LogP contribution in [0.15, 0.2) is 194 Å². The second-order valence-electron chi connectivity index (χ2n) is 19.3. The van der Waals surface area contributed by atoms with Crippen molar-refractivity contribution in [1.82, 2.24) is 0 Å². The maximum atomic E-state index is 2.48. The molecule has 0 fully saturated rings. The summed E-state index contributed by atoms with van der Waals surface area (Å²) < 4.78 is 0. The van der Waals surface area contributed by atoms with Gasteiger partial charge < -0.3 is 0 Å². The molecule has 0 N–H and O–H groups in total. The lowest BCUT2D eigenvalue weighted by molar-refractivity contribution is 0.590. The first-order valence-electron chi connectivity index (χ1n) is 22.1. The van der Waals surface area contributed by atoms with E-state index in [1.807, 2.05) is 0 Å². The Labute approximate surface area is 365 Å². The Morgan fingerprint density at radius 2 is 0.565 bits per heavy atom. The fourth-order valence-electron chi connectivity index (χ4n) is 10.0. The second kappa shape index (κ2) is 14.3. The maximum Gasteiger partial charge on any atom is -0.00197 e. The summed E-state index contributed by atoms with van der Waals surface area (Å²) in [6, 6.07) is 73.5. The van der Waals surface area contributed by atoms with Crippen LogP contribution in [0.4, 0.5) is 0 Å². The van der Waals surface area contributed by atoms with Crippen molar-refractivity contribution in [3.8, 4) is 44.5 Å². The van der Waals surface area contributed by atoms with Crippen LogP contribution in [0, 0.1) is 0 Å². The molecule has 0 radical (unpaired) electrons. The molecule has 0 aliphatic heterocycles. The van der Waals surface area contributed by atoms with Crippen LogP contribution in [-0.4, -0.2) is 0 Å². The van der Waals surface area contributed by atoms with Crippen molar-refractivity contribution in [3.63, 3.8) is 0 Å². The molecule has 62 heavy (non-hydrogen) atoms. The van der Waals surface area contributed by atoms with E-state index in [1.54, 1.807) is 0 Å². The Bertz CT molecular complexity index is 3310. The Hall–Kier alpha value is -7.02. The molecule has 0 atom stereocenters. The minimum absolute atomic E-state index is 0.0795. The topological polar surface area (TPSA) is 0 Å². The van der Waals surface area contributed by atoms with Crippen LogP contribution >= 0.6 is 0 Å². The molecule has 11 rings (SSSR count). The van der Waals surface area contributed by atoms with Gasteiger partial charge in [0.1, 0.15) is 0 Å². The van der Waals surface area contributed by atoms with Crippen LogP contribution in [0.5, 0.6) is 0 Å². The second-order valence-corrected chi connectivity index (χ2v) is 19.3. The van der Waals surface area contributed by atoms with E-state index in [4.69, 9.17) is 0 Å². The lowest BCUT2D eigenvalue weighted by Crippen LogP contribution is -2.10. The van der Waals surface area contributed by atoms with Crippen LogP contribution in [0.2, 0.25) is 0 Å². The van der Waals surface area contributed by atoms with Crippen LogP contribution in [-0.2, 0) is 10.8 Å². The zero-order chi connectivity index (χ0) is 42.3. The zero-order valence-corrected chi connectivity index (χ0v) is 36.5. The van der Waals surface area contributed by atoms with E-state index in [1.165, 1.54) is 120 Å². The van der Waals surface area contributed by atoms with Gasteiger partial charge in [-0.25, -0.2) is 0 Å². The van der Waals surface area contributed by atoms with Crippen molar-refractivity contribution in [2.24, 2.45) is 0 Å². The fraction of sp³-hybridized carbons (Fsp3) is 0.129. The summed E-state index contributed by atoms with van der Waals surface area (Å²) >= 11 is 0. The van der Waals surface area contributed by atoms with Crippen molar-refractivity contribution >= 4 is 64.6 Å². The van der Waals surface area contributed by atoms with E-state index in [2.05, 4.69) is 236 Å². The van der Waals surface area contributed by atoms with Crippen molar-refractivity contribution in [1.29, 1.82) is 0 Å². The number of benzene rings is 11. The smallest absolute Gasteiger partial charge is 0.00197 e. The van der Waals surface area contributed by atoms with E-state index in [-0.39, 0.29) is 10.8 Å². The highest BCUT2D eigenvalue weighted by Crippen LogP contribution is 2.50. The number of hydrogen-bond donors (Lipinski definition) is 0. The quantitative estimate of drug-likeness (QED) is 0.123. The molecule has 0 nitrogen and oxygen atoms in total. The monoisotopic (exact) mass is 794 g/mol. The van der Waals surface area contributed by atoms with Crippen molar-refractivity contribution in [3.05, 3.63) is 205 Å². The van der Waals surface area contributed by atoms with Gasteiger partial charge in [-0.2, -0.15) is 0 Å². The largest absolute Gasteiger partial charge is 0.0616 e. The summed E-state index contributed by atoms with van der Waals surface area (Å²) in [6.07, 6.45) is 0. The van der Waals surface area contributed by atoms with E-state index in [0.717, 1.165) is 0 Å². The summed E-state index contributed by atoms with van der Waals surface area (Å²) in [7, 11) is 0. The molecular weight excluding hydrogens is 745 g/mol. The summed E-state index contributed by atoms with van der Waals surface area (Å²) in [5.74, 6) is 0. The standard InChI is InChI=1S/C62H50/c1-61(2,3)45-29-23-39(24-30-45)41-27-33-53-57(35-41)59(55-37-43-15-7-9-17-47(43)49-19-11-13-21-51(49)55)54-34-28-42(40-25-31-46(32-26-40)62(4,5)6)36-58(54)60(53)56-38-44-16-8-10-18-48(44)50-20-12-14-22-52(50)56/h7-38H,1-6H3. The third-order valence-electron chi connectivity index (χ3n) is 13.4. The molecule has 0 aliphatic carbocycles. The average Bonchev–Trinajstić information content (AvgIpc) is 3.29. The molecule has 0 spiro atoms. The fourth-order valence-corrected chi connectivity index (χ4v) is 10.0. The van der Waals surface area contributed by atoms with Gasteiger partial charge in [-0.3, -0.25) is 0 Å². The van der Waals surface area contributed by atoms with Gasteiger partial charge in [0.15, 0.2) is 0 Å². The van der Waals surface area contributed by atoms with Gasteiger partial charge in [0.05, 0.1) is 0 Å². The molecule has 0 unspecified atom stereocenters. The van der Waals surface area contributed by atoms with Crippen LogP contribution in [0.3, 0.4) is 0 Å². The zero-order valence-electron chi connectivity index (χ0n) is 36.5. The average molecular weight is 795 g/mol. The van der Waals surface area contributed by atoms with Gasteiger partial charge in [-0.1, -0.05) is 211 Å².